The molecule has 0 saturated carbocycles. The molecule has 1 aromatic carbocycles. The third-order valence-electron chi connectivity index (χ3n) is 2.53. The van der Waals surface area contributed by atoms with Crippen LogP contribution < -0.4 is 9.47 Å². The zero-order chi connectivity index (χ0) is 13.7. The summed E-state index contributed by atoms with van der Waals surface area (Å²) in [6.45, 7) is 0.911. The molecule has 0 saturated heterocycles. The molecular weight excluding hydrogens is 248 g/mol. The smallest absolute Gasteiger partial charge is 0.356 e. The normalized spacial score (nSPS) is 10.2. The van der Waals surface area contributed by atoms with Gasteiger partial charge < -0.3 is 19.1 Å². The second-order valence-corrected chi connectivity index (χ2v) is 3.80. The molecule has 0 spiro atoms. The van der Waals surface area contributed by atoms with E-state index in [0.717, 1.165) is 0 Å². The lowest BCUT2D eigenvalue weighted by Gasteiger charge is -2.10. The highest BCUT2D eigenvalue weighted by molar-refractivity contribution is 5.84. The van der Waals surface area contributed by atoms with E-state index in [-0.39, 0.29) is 5.69 Å². The third kappa shape index (κ3) is 3.25. The van der Waals surface area contributed by atoms with Crippen LogP contribution in [0.25, 0.3) is 0 Å². The van der Waals surface area contributed by atoms with Crippen LogP contribution in [0, 0.1) is 0 Å². The molecule has 0 amide bonds. The van der Waals surface area contributed by atoms with Crippen LogP contribution in [0.5, 0.6) is 11.5 Å². The molecule has 0 fully saturated rings. The largest absolute Gasteiger partial charge is 0.493 e. The molecule has 100 valence electrons. The SMILES string of the molecule is COc1ccccc1OCCn1cnc(C(=O)O)c1. The quantitative estimate of drug-likeness (QED) is 0.857. The number of aromatic nitrogens is 2. The molecule has 0 aliphatic heterocycles. The van der Waals surface area contributed by atoms with Gasteiger partial charge >= 0.3 is 5.97 Å². The van der Waals surface area contributed by atoms with E-state index in [1.54, 1.807) is 11.7 Å². The average molecular weight is 262 g/mol. The summed E-state index contributed by atoms with van der Waals surface area (Å²) in [5, 5.41) is 8.75. The van der Waals surface area contributed by atoms with E-state index in [1.807, 2.05) is 24.3 Å². The minimum atomic E-state index is -1.04. The van der Waals surface area contributed by atoms with Crippen LogP contribution in [0.4, 0.5) is 0 Å². The molecule has 0 atom stereocenters. The Hall–Kier alpha value is -2.50. The second kappa shape index (κ2) is 5.90. The average Bonchev–Trinajstić information content (AvgIpc) is 2.88. The zero-order valence-corrected chi connectivity index (χ0v) is 10.4. The van der Waals surface area contributed by atoms with Gasteiger partial charge in [-0.3, -0.25) is 0 Å². The molecule has 1 N–H and O–H groups in total. The summed E-state index contributed by atoms with van der Waals surface area (Å²) in [6.07, 6.45) is 2.93. The van der Waals surface area contributed by atoms with Crippen LogP contribution in [-0.2, 0) is 6.54 Å². The van der Waals surface area contributed by atoms with Crippen molar-refractivity contribution >= 4 is 5.97 Å². The van der Waals surface area contributed by atoms with Crippen molar-refractivity contribution in [3.63, 3.8) is 0 Å². The monoisotopic (exact) mass is 262 g/mol. The summed E-state index contributed by atoms with van der Waals surface area (Å²) in [4.78, 5) is 14.4. The molecule has 1 aromatic heterocycles. The van der Waals surface area contributed by atoms with E-state index in [0.29, 0.717) is 24.7 Å². The van der Waals surface area contributed by atoms with E-state index in [1.165, 1.54) is 12.5 Å². The maximum Gasteiger partial charge on any atom is 0.356 e. The Morgan fingerprint density at radius 2 is 2.11 bits per heavy atom. The molecule has 19 heavy (non-hydrogen) atoms. The van der Waals surface area contributed by atoms with Crippen LogP contribution in [0.1, 0.15) is 10.5 Å². The summed E-state index contributed by atoms with van der Waals surface area (Å²) >= 11 is 0. The molecule has 2 aromatic rings. The summed E-state index contributed by atoms with van der Waals surface area (Å²) in [6, 6.07) is 7.35. The third-order valence-corrected chi connectivity index (χ3v) is 2.53. The van der Waals surface area contributed by atoms with Gasteiger partial charge in [0.25, 0.3) is 0 Å². The van der Waals surface area contributed by atoms with Crippen LogP contribution in [0.2, 0.25) is 0 Å². The van der Waals surface area contributed by atoms with Crippen molar-refractivity contribution in [3.05, 3.63) is 42.5 Å². The Balaban J connectivity index is 1.90. The number of carbonyl (C=O) groups is 1. The standard InChI is InChI=1S/C13H14N2O4/c1-18-11-4-2-3-5-12(11)19-7-6-15-8-10(13(16)17)14-9-15/h2-5,8-9H,6-7H2,1H3,(H,16,17). The van der Waals surface area contributed by atoms with Gasteiger partial charge in [0.15, 0.2) is 17.2 Å². The second-order valence-electron chi connectivity index (χ2n) is 3.80. The lowest BCUT2D eigenvalue weighted by molar-refractivity contribution is 0.0691. The zero-order valence-electron chi connectivity index (χ0n) is 10.4. The summed E-state index contributed by atoms with van der Waals surface area (Å²) < 4.78 is 12.4. The molecule has 1 heterocycles. The first-order chi connectivity index (χ1) is 9.20. The molecule has 0 bridgehead atoms. The number of imidazole rings is 1. The van der Waals surface area contributed by atoms with Crippen molar-refractivity contribution in [1.29, 1.82) is 0 Å². The highest BCUT2D eigenvalue weighted by atomic mass is 16.5. The van der Waals surface area contributed by atoms with Gasteiger partial charge in [0, 0.05) is 6.20 Å². The van der Waals surface area contributed by atoms with Gasteiger partial charge in [0.2, 0.25) is 0 Å². The van der Waals surface area contributed by atoms with E-state index >= 15 is 0 Å². The molecule has 2 rings (SSSR count). The molecule has 0 aliphatic rings. The maximum atomic E-state index is 10.7. The lowest BCUT2D eigenvalue weighted by atomic mass is 10.3. The molecule has 0 radical (unpaired) electrons. The Labute approximate surface area is 110 Å². The van der Waals surface area contributed by atoms with Gasteiger partial charge in [-0.1, -0.05) is 12.1 Å². The fourth-order valence-electron chi connectivity index (χ4n) is 1.59. The van der Waals surface area contributed by atoms with Crippen molar-refractivity contribution < 1.29 is 19.4 Å². The minimum Gasteiger partial charge on any atom is -0.493 e. The van der Waals surface area contributed by atoms with Gasteiger partial charge in [-0.05, 0) is 12.1 Å². The number of hydrogen-bond acceptors (Lipinski definition) is 4. The Kier molecular flexibility index (Phi) is 4.02. The Bertz CT molecular complexity index is 565. The van der Waals surface area contributed by atoms with Gasteiger partial charge in [0.1, 0.15) is 6.61 Å². The predicted molar refractivity (Wildman–Crippen MR) is 67.7 cm³/mol. The van der Waals surface area contributed by atoms with Crippen LogP contribution >= 0.6 is 0 Å². The van der Waals surface area contributed by atoms with Gasteiger partial charge in [-0.2, -0.15) is 0 Å². The van der Waals surface area contributed by atoms with Crippen molar-refractivity contribution in [1.82, 2.24) is 9.55 Å². The van der Waals surface area contributed by atoms with Crippen LogP contribution in [-0.4, -0.2) is 34.3 Å². The molecule has 6 nitrogen and oxygen atoms in total. The topological polar surface area (TPSA) is 73.6 Å². The first-order valence-electron chi connectivity index (χ1n) is 5.71. The van der Waals surface area contributed by atoms with Gasteiger partial charge in [-0.25, -0.2) is 9.78 Å². The van der Waals surface area contributed by atoms with Gasteiger partial charge in [0.05, 0.1) is 20.0 Å². The molecule has 6 heteroatoms. The molecular formula is C13H14N2O4. The first kappa shape index (κ1) is 12.9. The summed E-state index contributed by atoms with van der Waals surface area (Å²) in [5.41, 5.74) is 0.0253. The van der Waals surface area contributed by atoms with E-state index < -0.39 is 5.97 Å². The van der Waals surface area contributed by atoms with Crippen molar-refractivity contribution in [3.8, 4) is 11.5 Å². The van der Waals surface area contributed by atoms with E-state index in [9.17, 15) is 4.79 Å². The van der Waals surface area contributed by atoms with Crippen LogP contribution in [0.15, 0.2) is 36.8 Å². The number of hydrogen-bond donors (Lipinski definition) is 1. The van der Waals surface area contributed by atoms with E-state index in [4.69, 9.17) is 14.6 Å². The summed E-state index contributed by atoms with van der Waals surface area (Å²) in [5.74, 6) is 0.285. The highest BCUT2D eigenvalue weighted by Crippen LogP contribution is 2.25. The van der Waals surface area contributed by atoms with E-state index in [2.05, 4.69) is 4.98 Å². The number of nitrogens with zero attached hydrogens (tertiary/aromatic N) is 2. The highest BCUT2D eigenvalue weighted by Gasteiger charge is 2.06. The van der Waals surface area contributed by atoms with Crippen LogP contribution in [0.3, 0.4) is 0 Å². The number of methoxy groups -OCH3 is 1. The lowest BCUT2D eigenvalue weighted by Crippen LogP contribution is -2.07. The van der Waals surface area contributed by atoms with Crippen molar-refractivity contribution in [2.75, 3.05) is 13.7 Å². The summed E-state index contributed by atoms with van der Waals surface area (Å²) in [7, 11) is 1.58. The molecule has 0 unspecified atom stereocenters. The Morgan fingerprint density at radius 1 is 1.37 bits per heavy atom. The Morgan fingerprint density at radius 3 is 2.74 bits per heavy atom. The number of carboxylic acid groups (broad SMARTS) is 1. The fourth-order valence-corrected chi connectivity index (χ4v) is 1.59. The number of para-hydroxylation sites is 2. The number of rotatable bonds is 6. The first-order valence-corrected chi connectivity index (χ1v) is 5.71. The van der Waals surface area contributed by atoms with Crippen molar-refractivity contribution in [2.45, 2.75) is 6.54 Å². The maximum absolute atomic E-state index is 10.7. The molecule has 0 aliphatic carbocycles. The number of benzene rings is 1. The predicted octanol–water partition coefficient (Wildman–Crippen LogP) is 1.67. The van der Waals surface area contributed by atoms with Crippen molar-refractivity contribution in [2.24, 2.45) is 0 Å². The van der Waals surface area contributed by atoms with Gasteiger partial charge in [-0.15, -0.1) is 0 Å². The fraction of sp³-hybridized carbons (Fsp3) is 0.231. The number of carboxylic acids is 1. The number of ether oxygens (including phenoxy) is 2. The number of aromatic carboxylic acids is 1. The minimum absolute atomic E-state index is 0.0253.